The third-order valence-corrected chi connectivity index (χ3v) is 2.39. The van der Waals surface area contributed by atoms with Crippen LogP contribution in [0.5, 0.6) is 0 Å². The summed E-state index contributed by atoms with van der Waals surface area (Å²) in [5, 5.41) is 3.10. The number of aromatic amines is 1. The predicted octanol–water partition coefficient (Wildman–Crippen LogP) is 0.412. The van der Waals surface area contributed by atoms with Gasteiger partial charge < -0.3 is 5.32 Å². The van der Waals surface area contributed by atoms with Crippen LogP contribution in [0.25, 0.3) is 0 Å². The SMILES string of the molecule is CCNc1cccc(Cn2ccc(=O)[nH]c2=O)n1. The fraction of sp³-hybridized carbons (Fsp3) is 0.250. The second-order valence-electron chi connectivity index (χ2n) is 3.78. The largest absolute Gasteiger partial charge is 0.370 e. The van der Waals surface area contributed by atoms with Crippen molar-refractivity contribution in [2.45, 2.75) is 13.5 Å². The Bertz CT molecular complexity index is 645. The molecule has 0 bridgehead atoms. The molecule has 6 heteroatoms. The molecule has 2 rings (SSSR count). The third kappa shape index (κ3) is 2.85. The zero-order valence-corrected chi connectivity index (χ0v) is 10.0. The lowest BCUT2D eigenvalue weighted by Crippen LogP contribution is -2.29. The zero-order valence-electron chi connectivity index (χ0n) is 10.0. The van der Waals surface area contributed by atoms with Crippen LogP contribution in [0, 0.1) is 0 Å². The Balaban J connectivity index is 2.25. The molecule has 0 amide bonds. The third-order valence-electron chi connectivity index (χ3n) is 2.39. The molecule has 2 heterocycles. The Labute approximate surface area is 103 Å². The first-order valence-corrected chi connectivity index (χ1v) is 5.68. The molecule has 2 N–H and O–H groups in total. The molecule has 0 aromatic carbocycles. The van der Waals surface area contributed by atoms with Gasteiger partial charge in [-0.25, -0.2) is 9.78 Å². The summed E-state index contributed by atoms with van der Waals surface area (Å²) in [6.07, 6.45) is 1.46. The van der Waals surface area contributed by atoms with E-state index in [0.717, 1.165) is 18.1 Å². The maximum absolute atomic E-state index is 11.5. The molecule has 0 aliphatic heterocycles. The first-order valence-electron chi connectivity index (χ1n) is 5.68. The molecule has 94 valence electrons. The molecule has 0 aliphatic rings. The summed E-state index contributed by atoms with van der Waals surface area (Å²) >= 11 is 0. The summed E-state index contributed by atoms with van der Waals surface area (Å²) in [7, 11) is 0. The molecule has 0 atom stereocenters. The maximum atomic E-state index is 11.5. The Morgan fingerprint density at radius 1 is 1.33 bits per heavy atom. The molecule has 2 aromatic heterocycles. The molecule has 2 aromatic rings. The summed E-state index contributed by atoms with van der Waals surface area (Å²) in [5.74, 6) is 0.771. The van der Waals surface area contributed by atoms with Gasteiger partial charge in [-0.2, -0.15) is 0 Å². The van der Waals surface area contributed by atoms with Gasteiger partial charge in [0.1, 0.15) is 5.82 Å². The highest BCUT2D eigenvalue weighted by Crippen LogP contribution is 2.05. The molecule has 0 radical (unpaired) electrons. The van der Waals surface area contributed by atoms with Gasteiger partial charge in [-0.15, -0.1) is 0 Å². The number of anilines is 1. The number of nitrogens with one attached hydrogen (secondary N) is 2. The lowest BCUT2D eigenvalue weighted by molar-refractivity contribution is 0.705. The van der Waals surface area contributed by atoms with Gasteiger partial charge in [0.2, 0.25) is 0 Å². The molecule has 0 saturated carbocycles. The van der Waals surface area contributed by atoms with Crippen molar-refractivity contribution in [1.29, 1.82) is 0 Å². The van der Waals surface area contributed by atoms with Crippen LogP contribution in [-0.2, 0) is 6.54 Å². The molecule has 0 aliphatic carbocycles. The van der Waals surface area contributed by atoms with Crippen molar-refractivity contribution in [2.75, 3.05) is 11.9 Å². The summed E-state index contributed by atoms with van der Waals surface area (Å²) in [5.41, 5.74) is -0.0774. The van der Waals surface area contributed by atoms with Gasteiger partial charge in [0.05, 0.1) is 12.2 Å². The van der Waals surface area contributed by atoms with Gasteiger partial charge >= 0.3 is 5.69 Å². The topological polar surface area (TPSA) is 79.8 Å². The fourth-order valence-electron chi connectivity index (χ4n) is 1.59. The molecule has 0 spiro atoms. The van der Waals surface area contributed by atoms with E-state index in [4.69, 9.17) is 0 Å². The van der Waals surface area contributed by atoms with Crippen LogP contribution >= 0.6 is 0 Å². The van der Waals surface area contributed by atoms with Crippen LogP contribution < -0.4 is 16.6 Å². The molecule has 18 heavy (non-hydrogen) atoms. The highest BCUT2D eigenvalue weighted by molar-refractivity contribution is 5.35. The van der Waals surface area contributed by atoms with Crippen LogP contribution in [0.4, 0.5) is 5.82 Å². The Kier molecular flexibility index (Phi) is 3.57. The van der Waals surface area contributed by atoms with Crippen LogP contribution in [0.1, 0.15) is 12.6 Å². The minimum atomic E-state index is -0.432. The highest BCUT2D eigenvalue weighted by atomic mass is 16.2. The van der Waals surface area contributed by atoms with E-state index in [1.54, 1.807) is 0 Å². The monoisotopic (exact) mass is 246 g/mol. The fourth-order valence-corrected chi connectivity index (χ4v) is 1.59. The highest BCUT2D eigenvalue weighted by Gasteiger charge is 2.01. The Hall–Kier alpha value is -2.37. The molecular formula is C12H14N4O2. The van der Waals surface area contributed by atoms with E-state index in [1.807, 2.05) is 25.1 Å². The van der Waals surface area contributed by atoms with Gasteiger partial charge in [0.15, 0.2) is 0 Å². The van der Waals surface area contributed by atoms with Crippen molar-refractivity contribution < 1.29 is 0 Å². The van der Waals surface area contributed by atoms with Crippen molar-refractivity contribution in [2.24, 2.45) is 0 Å². The quantitative estimate of drug-likeness (QED) is 0.819. The minimum Gasteiger partial charge on any atom is -0.370 e. The molecular weight excluding hydrogens is 232 g/mol. The molecule has 0 unspecified atom stereocenters. The van der Waals surface area contributed by atoms with Crippen LogP contribution in [-0.4, -0.2) is 21.1 Å². The second kappa shape index (κ2) is 5.31. The van der Waals surface area contributed by atoms with Gasteiger partial charge in [-0.05, 0) is 19.1 Å². The van der Waals surface area contributed by atoms with Crippen molar-refractivity contribution in [3.63, 3.8) is 0 Å². The van der Waals surface area contributed by atoms with E-state index in [0.29, 0.717) is 6.54 Å². The summed E-state index contributed by atoms with van der Waals surface area (Å²) in [6, 6.07) is 6.88. The number of hydrogen-bond donors (Lipinski definition) is 2. The summed E-state index contributed by atoms with van der Waals surface area (Å²) < 4.78 is 1.40. The number of aromatic nitrogens is 3. The van der Waals surface area contributed by atoms with Crippen LogP contribution in [0.15, 0.2) is 40.1 Å². The van der Waals surface area contributed by atoms with Gasteiger partial charge in [-0.1, -0.05) is 6.07 Å². The summed E-state index contributed by atoms with van der Waals surface area (Å²) in [4.78, 5) is 29.0. The van der Waals surface area contributed by atoms with Gasteiger partial charge in [-0.3, -0.25) is 14.3 Å². The first-order chi connectivity index (χ1) is 8.69. The smallest absolute Gasteiger partial charge is 0.328 e. The molecule has 6 nitrogen and oxygen atoms in total. The van der Waals surface area contributed by atoms with Crippen molar-refractivity contribution in [1.82, 2.24) is 14.5 Å². The Morgan fingerprint density at radius 3 is 2.89 bits per heavy atom. The lowest BCUT2D eigenvalue weighted by atomic mass is 10.3. The number of rotatable bonds is 4. The van der Waals surface area contributed by atoms with Crippen molar-refractivity contribution in [3.8, 4) is 0 Å². The minimum absolute atomic E-state index is 0.328. The maximum Gasteiger partial charge on any atom is 0.328 e. The number of H-pyrrole nitrogens is 1. The van der Waals surface area contributed by atoms with Gasteiger partial charge in [0.25, 0.3) is 5.56 Å². The zero-order chi connectivity index (χ0) is 13.0. The van der Waals surface area contributed by atoms with E-state index >= 15 is 0 Å². The van der Waals surface area contributed by atoms with Crippen LogP contribution in [0.3, 0.4) is 0 Å². The number of pyridine rings is 1. The first kappa shape index (κ1) is 12.1. The average Bonchev–Trinajstić information content (AvgIpc) is 2.34. The number of hydrogen-bond acceptors (Lipinski definition) is 4. The standard InChI is InChI=1S/C12H14N4O2/c1-2-13-10-5-3-4-9(14-10)8-16-7-6-11(17)15-12(16)18/h3-7H,2,8H2,1H3,(H,13,14)(H,15,17,18). The van der Waals surface area contributed by atoms with Crippen molar-refractivity contribution in [3.05, 3.63) is 57.0 Å². The van der Waals surface area contributed by atoms with Gasteiger partial charge in [0, 0.05) is 18.8 Å². The summed E-state index contributed by atoms with van der Waals surface area (Å²) in [6.45, 7) is 3.10. The number of nitrogens with zero attached hydrogens (tertiary/aromatic N) is 2. The van der Waals surface area contributed by atoms with E-state index < -0.39 is 11.2 Å². The van der Waals surface area contributed by atoms with E-state index in [9.17, 15) is 9.59 Å². The van der Waals surface area contributed by atoms with E-state index in [2.05, 4.69) is 15.3 Å². The molecule has 0 saturated heterocycles. The molecule has 0 fully saturated rings. The lowest BCUT2D eigenvalue weighted by Gasteiger charge is -2.06. The average molecular weight is 246 g/mol. The predicted molar refractivity (Wildman–Crippen MR) is 68.8 cm³/mol. The Morgan fingerprint density at radius 2 is 2.17 bits per heavy atom. The van der Waals surface area contributed by atoms with E-state index in [-0.39, 0.29) is 0 Å². The normalized spacial score (nSPS) is 10.3. The van der Waals surface area contributed by atoms with Crippen molar-refractivity contribution >= 4 is 5.82 Å². The second-order valence-corrected chi connectivity index (χ2v) is 3.78. The van der Waals surface area contributed by atoms with Crippen LogP contribution in [0.2, 0.25) is 0 Å². The van der Waals surface area contributed by atoms with E-state index in [1.165, 1.54) is 16.8 Å².